The van der Waals surface area contributed by atoms with Crippen molar-refractivity contribution in [2.45, 2.75) is 0 Å². The average molecular weight is 1120 g/mol. The third-order valence-corrected chi connectivity index (χ3v) is 18.4. The highest BCUT2D eigenvalue weighted by Crippen LogP contribution is 2.44. The van der Waals surface area contributed by atoms with E-state index in [1.807, 2.05) is 36.4 Å². The molecule has 7 heterocycles. The summed E-state index contributed by atoms with van der Waals surface area (Å²) in [5.41, 5.74) is 20.9. The molecule has 7 aromatic heterocycles. The Hall–Kier alpha value is -12.0. The van der Waals surface area contributed by atoms with Crippen LogP contribution in [0.5, 0.6) is 0 Å². The number of para-hydroxylation sites is 6. The molecule has 8 nitrogen and oxygen atoms in total. The zero-order chi connectivity index (χ0) is 57.3. The predicted molar refractivity (Wildman–Crippen MR) is 361 cm³/mol. The third kappa shape index (κ3) is 6.79. The lowest BCUT2D eigenvalue weighted by atomic mass is 9.99. The summed E-state index contributed by atoms with van der Waals surface area (Å²) in [6.45, 7) is 0. The Bertz CT molecular complexity index is 6370. The fraction of sp³-hybridized carbons (Fsp3) is 0. The fourth-order valence-corrected chi connectivity index (χ4v) is 14.4. The van der Waals surface area contributed by atoms with Gasteiger partial charge < -0.3 is 27.0 Å². The van der Waals surface area contributed by atoms with Gasteiger partial charge >= 0.3 is 0 Å². The molecule has 408 valence electrons. The van der Waals surface area contributed by atoms with Crippen LogP contribution in [0, 0.1) is 0 Å². The number of fused-ring (bicyclic) bond motifs is 19. The van der Waals surface area contributed by atoms with E-state index in [1.165, 1.54) is 10.8 Å². The standard InChI is InChI=1S/C80H45N5O3/c1-7-22-67-53(16-1)59-43-76-62(56-19-4-10-25-73(56)86-76)40-70(59)83(67)50-33-28-46(29-34-50)48-32-37-66-65(39-48)79(49-14-13-15-52(38-49)85-69-24-9-3-18-55(69)61-45-78-64(42-72(61)85)58-21-6-12-27-75(58)88-78)82-80(81-66)47-30-35-51(36-31-47)84-68-23-8-2-17-54(68)60-44-77-63(41-71(60)84)57-20-5-11-26-74(57)87-77/h1-45H. The molecule has 8 heteroatoms. The summed E-state index contributed by atoms with van der Waals surface area (Å²) >= 11 is 0. The molecule has 0 spiro atoms. The average Bonchev–Trinajstić information content (AvgIpc) is 1.70. The van der Waals surface area contributed by atoms with Crippen LogP contribution < -0.4 is 0 Å². The molecule has 20 rings (SSSR count). The summed E-state index contributed by atoms with van der Waals surface area (Å²) in [7, 11) is 0. The molecule has 0 fully saturated rings. The van der Waals surface area contributed by atoms with Crippen molar-refractivity contribution in [2.75, 3.05) is 0 Å². The Morgan fingerprint density at radius 1 is 0.216 bits per heavy atom. The minimum Gasteiger partial charge on any atom is -0.456 e. The lowest BCUT2D eigenvalue weighted by molar-refractivity contribution is 0.669. The highest BCUT2D eigenvalue weighted by Gasteiger charge is 2.22. The molecule has 20 aromatic rings. The lowest BCUT2D eigenvalue weighted by Gasteiger charge is -2.14. The highest BCUT2D eigenvalue weighted by atomic mass is 16.3. The van der Waals surface area contributed by atoms with Crippen LogP contribution in [-0.4, -0.2) is 23.7 Å². The second-order valence-electron chi connectivity index (χ2n) is 23.2. The van der Waals surface area contributed by atoms with Crippen LogP contribution in [0.3, 0.4) is 0 Å². The fourth-order valence-electron chi connectivity index (χ4n) is 14.4. The minimum atomic E-state index is 0.642. The number of hydrogen-bond donors (Lipinski definition) is 0. The van der Waals surface area contributed by atoms with Gasteiger partial charge in [0, 0.05) is 98.2 Å². The zero-order valence-electron chi connectivity index (χ0n) is 46.9. The third-order valence-electron chi connectivity index (χ3n) is 18.4. The number of benzene rings is 13. The monoisotopic (exact) mass is 1120 g/mol. The Morgan fingerprint density at radius 2 is 0.625 bits per heavy atom. The van der Waals surface area contributed by atoms with Gasteiger partial charge in [-0.3, -0.25) is 0 Å². The van der Waals surface area contributed by atoms with Crippen molar-refractivity contribution in [1.82, 2.24) is 23.7 Å². The van der Waals surface area contributed by atoms with Crippen molar-refractivity contribution >= 4 is 142 Å². The first-order chi connectivity index (χ1) is 43.6. The van der Waals surface area contributed by atoms with E-state index < -0.39 is 0 Å². The summed E-state index contributed by atoms with van der Waals surface area (Å²) in [6, 6.07) is 97.4. The Labute approximate surface area is 500 Å². The molecule has 0 amide bonds. The molecule has 0 unspecified atom stereocenters. The molecule has 0 N–H and O–H groups in total. The van der Waals surface area contributed by atoms with Gasteiger partial charge in [-0.2, -0.15) is 0 Å². The summed E-state index contributed by atoms with van der Waals surface area (Å²) in [6.07, 6.45) is 0. The Kier molecular flexibility index (Phi) is 9.57. The van der Waals surface area contributed by atoms with Crippen molar-refractivity contribution in [3.05, 3.63) is 273 Å². The van der Waals surface area contributed by atoms with Crippen LogP contribution in [0.25, 0.3) is 193 Å². The van der Waals surface area contributed by atoms with Crippen molar-refractivity contribution < 1.29 is 13.3 Å². The van der Waals surface area contributed by atoms with E-state index in [1.54, 1.807) is 0 Å². The zero-order valence-corrected chi connectivity index (χ0v) is 46.9. The van der Waals surface area contributed by atoms with Crippen molar-refractivity contribution in [1.29, 1.82) is 0 Å². The topological polar surface area (TPSA) is 80.0 Å². The Balaban J connectivity index is 0.748. The molecule has 0 saturated carbocycles. The largest absolute Gasteiger partial charge is 0.456 e. The highest BCUT2D eigenvalue weighted by molar-refractivity contribution is 6.20. The smallest absolute Gasteiger partial charge is 0.160 e. The van der Waals surface area contributed by atoms with Gasteiger partial charge in [-0.15, -0.1) is 0 Å². The Morgan fingerprint density at radius 3 is 1.10 bits per heavy atom. The van der Waals surface area contributed by atoms with Crippen LogP contribution in [0.4, 0.5) is 0 Å². The summed E-state index contributed by atoms with van der Waals surface area (Å²) in [4.78, 5) is 11.0. The molecule has 0 aliphatic carbocycles. The number of hydrogen-bond acceptors (Lipinski definition) is 5. The van der Waals surface area contributed by atoms with Crippen LogP contribution in [0.1, 0.15) is 0 Å². The van der Waals surface area contributed by atoms with Crippen LogP contribution in [0.2, 0.25) is 0 Å². The molecule has 88 heavy (non-hydrogen) atoms. The number of nitrogens with zero attached hydrogens (tertiary/aromatic N) is 5. The summed E-state index contributed by atoms with van der Waals surface area (Å²) in [5.74, 6) is 0.642. The van der Waals surface area contributed by atoms with Crippen LogP contribution >= 0.6 is 0 Å². The predicted octanol–water partition coefficient (Wildman–Crippen LogP) is 21.6. The van der Waals surface area contributed by atoms with Crippen molar-refractivity contribution in [2.24, 2.45) is 0 Å². The van der Waals surface area contributed by atoms with Gasteiger partial charge in [0.2, 0.25) is 0 Å². The molecule has 0 aliphatic heterocycles. The minimum absolute atomic E-state index is 0.642. The van der Waals surface area contributed by atoms with E-state index >= 15 is 0 Å². The maximum atomic E-state index is 6.46. The number of furan rings is 3. The summed E-state index contributed by atoms with van der Waals surface area (Å²) in [5, 5.41) is 14.5. The van der Waals surface area contributed by atoms with E-state index in [4.69, 9.17) is 23.2 Å². The number of rotatable bonds is 6. The SMILES string of the molecule is c1cc(-c2nc(-c3ccc(-n4c5ccccc5c5cc6oc7ccccc7c6cc54)cc3)nc3ccc(-c4ccc(-n5c6ccccc6c6cc7oc8ccccc8c7cc65)cc4)cc23)cc(-n2c3ccccc3c3cc4oc5ccccc5c4cc32)c1. The van der Waals surface area contributed by atoms with E-state index in [0.29, 0.717) is 5.82 Å². The van der Waals surface area contributed by atoms with E-state index in [-0.39, 0.29) is 0 Å². The van der Waals surface area contributed by atoms with E-state index in [9.17, 15) is 0 Å². The molecule has 0 radical (unpaired) electrons. The molecule has 0 aliphatic rings. The van der Waals surface area contributed by atoms with Gasteiger partial charge in [0.05, 0.1) is 44.3 Å². The van der Waals surface area contributed by atoms with E-state index in [0.717, 1.165) is 176 Å². The van der Waals surface area contributed by atoms with Gasteiger partial charge in [0.25, 0.3) is 0 Å². The maximum absolute atomic E-state index is 6.46. The first-order valence-corrected chi connectivity index (χ1v) is 29.8. The molecule has 0 atom stereocenters. The summed E-state index contributed by atoms with van der Waals surface area (Å²) < 4.78 is 26.4. The molecule has 13 aromatic carbocycles. The second kappa shape index (κ2) is 17.8. The number of aromatic nitrogens is 5. The first-order valence-electron chi connectivity index (χ1n) is 29.8. The lowest BCUT2D eigenvalue weighted by Crippen LogP contribution is -1.99. The molecular weight excluding hydrogens is 1080 g/mol. The van der Waals surface area contributed by atoms with Gasteiger partial charge in [0.1, 0.15) is 33.5 Å². The van der Waals surface area contributed by atoms with Gasteiger partial charge in [-0.25, -0.2) is 9.97 Å². The molecular formula is C80H45N5O3. The van der Waals surface area contributed by atoms with Gasteiger partial charge in [-0.1, -0.05) is 140 Å². The van der Waals surface area contributed by atoms with Gasteiger partial charge in [-0.05, 0) is 145 Å². The maximum Gasteiger partial charge on any atom is 0.160 e. The van der Waals surface area contributed by atoms with Crippen LogP contribution in [-0.2, 0) is 0 Å². The van der Waals surface area contributed by atoms with Gasteiger partial charge in [0.15, 0.2) is 5.82 Å². The van der Waals surface area contributed by atoms with E-state index in [2.05, 4.69) is 250 Å². The molecule has 0 saturated heterocycles. The quantitative estimate of drug-likeness (QED) is 0.166. The second-order valence-corrected chi connectivity index (χ2v) is 23.2. The molecule has 0 bridgehead atoms. The van der Waals surface area contributed by atoms with Crippen LogP contribution in [0.15, 0.2) is 286 Å². The van der Waals surface area contributed by atoms with Crippen molar-refractivity contribution in [3.8, 4) is 50.8 Å². The van der Waals surface area contributed by atoms with Crippen molar-refractivity contribution in [3.63, 3.8) is 0 Å². The normalized spacial score (nSPS) is 12.3. The first kappa shape index (κ1) is 47.4.